The molecular weight excluding hydrogens is 268 g/mol. The summed E-state index contributed by atoms with van der Waals surface area (Å²) in [4.78, 5) is 11.3. The lowest BCUT2D eigenvalue weighted by Crippen LogP contribution is -2.16. The molecular formula is C13H16O5S. The van der Waals surface area contributed by atoms with Gasteiger partial charge in [-0.3, -0.25) is 4.79 Å². The fourth-order valence-electron chi connectivity index (χ4n) is 1.86. The maximum absolute atomic E-state index is 11.5. The largest absolute Gasteiger partial charge is 0.492 e. The molecule has 1 aromatic carbocycles. The van der Waals surface area contributed by atoms with Crippen molar-refractivity contribution in [2.45, 2.75) is 13.3 Å². The van der Waals surface area contributed by atoms with Crippen LogP contribution in [0.2, 0.25) is 0 Å². The minimum Gasteiger partial charge on any atom is -0.492 e. The van der Waals surface area contributed by atoms with E-state index in [1.807, 2.05) is 6.92 Å². The summed E-state index contributed by atoms with van der Waals surface area (Å²) in [5, 5.41) is 0. The highest BCUT2D eigenvalue weighted by Gasteiger charge is 2.21. The van der Waals surface area contributed by atoms with E-state index in [4.69, 9.17) is 9.47 Å². The fourth-order valence-corrected chi connectivity index (χ4v) is 3.03. The van der Waals surface area contributed by atoms with Crippen LogP contribution < -0.4 is 9.47 Å². The third-order valence-electron chi connectivity index (χ3n) is 2.79. The van der Waals surface area contributed by atoms with Gasteiger partial charge in [-0.15, -0.1) is 0 Å². The summed E-state index contributed by atoms with van der Waals surface area (Å²) < 4.78 is 33.6. The van der Waals surface area contributed by atoms with Gasteiger partial charge in [0.05, 0.1) is 17.1 Å². The molecule has 1 heterocycles. The van der Waals surface area contributed by atoms with Gasteiger partial charge in [-0.05, 0) is 18.6 Å². The highest BCUT2D eigenvalue weighted by atomic mass is 32.2. The molecule has 0 bridgehead atoms. The van der Waals surface area contributed by atoms with E-state index in [-0.39, 0.29) is 30.5 Å². The van der Waals surface area contributed by atoms with E-state index < -0.39 is 9.84 Å². The Kier molecular flexibility index (Phi) is 4.09. The van der Waals surface area contributed by atoms with Crippen LogP contribution >= 0.6 is 0 Å². The number of Topliss-reactive ketones (excluding diaryl/α,β-unsaturated/α-hetero) is 1. The lowest BCUT2D eigenvalue weighted by atomic mass is 10.1. The summed E-state index contributed by atoms with van der Waals surface area (Å²) in [7, 11) is -3.03. The van der Waals surface area contributed by atoms with Gasteiger partial charge in [0, 0.05) is 6.07 Å². The average molecular weight is 284 g/mol. The highest BCUT2D eigenvalue weighted by molar-refractivity contribution is 7.91. The van der Waals surface area contributed by atoms with Gasteiger partial charge in [0.1, 0.15) is 18.1 Å². The maximum atomic E-state index is 11.5. The summed E-state index contributed by atoms with van der Waals surface area (Å²) in [5.41, 5.74) is 0.547. The summed E-state index contributed by atoms with van der Waals surface area (Å²) in [5.74, 6) is 1.14. The second-order valence-electron chi connectivity index (χ2n) is 4.37. The molecule has 0 aromatic heterocycles. The molecule has 0 spiro atoms. The Labute approximate surface area is 112 Å². The molecule has 2 rings (SSSR count). The number of sulfone groups is 1. The zero-order valence-electron chi connectivity index (χ0n) is 10.7. The Morgan fingerprint density at radius 3 is 2.84 bits per heavy atom. The van der Waals surface area contributed by atoms with E-state index in [0.29, 0.717) is 23.5 Å². The predicted octanol–water partition coefficient (Wildman–Crippen LogP) is 1.47. The summed E-state index contributed by atoms with van der Waals surface area (Å²) in [6, 6.07) is 4.91. The highest BCUT2D eigenvalue weighted by Crippen LogP contribution is 2.29. The minimum atomic E-state index is -3.03. The molecule has 0 saturated carbocycles. The van der Waals surface area contributed by atoms with Gasteiger partial charge in [0.15, 0.2) is 16.4 Å². The van der Waals surface area contributed by atoms with Crippen LogP contribution in [0.3, 0.4) is 0 Å². The van der Waals surface area contributed by atoms with Crippen LogP contribution in [0, 0.1) is 0 Å². The number of benzene rings is 1. The van der Waals surface area contributed by atoms with Gasteiger partial charge in [-0.25, -0.2) is 8.42 Å². The Morgan fingerprint density at radius 2 is 2.11 bits per heavy atom. The summed E-state index contributed by atoms with van der Waals surface area (Å²) in [6.07, 6.45) is 0.608. The van der Waals surface area contributed by atoms with Gasteiger partial charge in [-0.2, -0.15) is 0 Å². The minimum absolute atomic E-state index is 0.00227. The molecule has 0 saturated heterocycles. The molecule has 0 atom stereocenters. The molecule has 1 aliphatic heterocycles. The number of carbonyl (C=O) groups is 1. The van der Waals surface area contributed by atoms with Crippen molar-refractivity contribution in [3.63, 3.8) is 0 Å². The molecule has 1 aliphatic rings. The van der Waals surface area contributed by atoms with Gasteiger partial charge >= 0.3 is 0 Å². The number of hydrogen-bond donors (Lipinski definition) is 0. The molecule has 6 heteroatoms. The monoisotopic (exact) mass is 284 g/mol. The quantitative estimate of drug-likeness (QED) is 0.791. The van der Waals surface area contributed by atoms with Crippen molar-refractivity contribution < 1.29 is 22.7 Å². The zero-order chi connectivity index (χ0) is 13.9. The third-order valence-corrected chi connectivity index (χ3v) is 4.61. The van der Waals surface area contributed by atoms with Crippen molar-refractivity contribution in [3.05, 3.63) is 23.8 Å². The first kappa shape index (κ1) is 13.9. The van der Waals surface area contributed by atoms with Crippen molar-refractivity contribution in [2.75, 3.05) is 24.7 Å². The van der Waals surface area contributed by atoms with Crippen molar-refractivity contribution in [1.29, 1.82) is 0 Å². The standard InChI is InChI=1S/C13H16O5S/c1-2-6-19(15,16)7-5-17-10-3-4-11-12(14)9-18-13(11)8-10/h3-4,8H,2,5-7,9H2,1H3. The third kappa shape index (κ3) is 3.47. The Balaban J connectivity index is 1.93. The normalized spacial score (nSPS) is 14.1. The Morgan fingerprint density at radius 1 is 1.32 bits per heavy atom. The van der Waals surface area contributed by atoms with E-state index >= 15 is 0 Å². The molecule has 0 amide bonds. The van der Waals surface area contributed by atoms with Crippen molar-refractivity contribution in [3.8, 4) is 11.5 Å². The van der Waals surface area contributed by atoms with Gasteiger partial charge < -0.3 is 9.47 Å². The molecule has 0 unspecified atom stereocenters. The van der Waals surface area contributed by atoms with Crippen molar-refractivity contribution >= 4 is 15.6 Å². The van der Waals surface area contributed by atoms with Crippen LogP contribution in [-0.2, 0) is 9.84 Å². The molecule has 104 valence electrons. The van der Waals surface area contributed by atoms with Crippen LogP contribution in [0.5, 0.6) is 11.5 Å². The predicted molar refractivity (Wildman–Crippen MR) is 70.7 cm³/mol. The van der Waals surface area contributed by atoms with Crippen LogP contribution in [0.15, 0.2) is 18.2 Å². The second-order valence-corrected chi connectivity index (χ2v) is 6.67. The van der Waals surface area contributed by atoms with E-state index in [1.54, 1.807) is 18.2 Å². The number of rotatable bonds is 6. The number of hydrogen-bond acceptors (Lipinski definition) is 5. The molecule has 0 N–H and O–H groups in total. The molecule has 5 nitrogen and oxygen atoms in total. The van der Waals surface area contributed by atoms with Crippen LogP contribution in [0.4, 0.5) is 0 Å². The van der Waals surface area contributed by atoms with Gasteiger partial charge in [0.25, 0.3) is 0 Å². The lowest BCUT2D eigenvalue weighted by Gasteiger charge is -2.07. The number of carbonyl (C=O) groups excluding carboxylic acids is 1. The Bertz CT molecular complexity index is 577. The number of fused-ring (bicyclic) bond motifs is 1. The SMILES string of the molecule is CCCS(=O)(=O)CCOc1ccc2c(c1)OCC2=O. The van der Waals surface area contributed by atoms with Gasteiger partial charge in [0.2, 0.25) is 5.78 Å². The van der Waals surface area contributed by atoms with Crippen LogP contribution in [-0.4, -0.2) is 38.9 Å². The Hall–Kier alpha value is -1.56. The molecule has 1 aromatic rings. The second kappa shape index (κ2) is 5.61. The van der Waals surface area contributed by atoms with E-state index in [1.165, 1.54) is 0 Å². The topological polar surface area (TPSA) is 69.7 Å². The van der Waals surface area contributed by atoms with Crippen LogP contribution in [0.1, 0.15) is 23.7 Å². The summed E-state index contributed by atoms with van der Waals surface area (Å²) >= 11 is 0. The fraction of sp³-hybridized carbons (Fsp3) is 0.462. The number of ketones is 1. The van der Waals surface area contributed by atoms with Crippen molar-refractivity contribution in [2.24, 2.45) is 0 Å². The smallest absolute Gasteiger partial charge is 0.203 e. The molecule has 19 heavy (non-hydrogen) atoms. The lowest BCUT2D eigenvalue weighted by molar-refractivity contribution is 0.0961. The number of ether oxygens (including phenoxy) is 2. The van der Waals surface area contributed by atoms with Gasteiger partial charge in [-0.1, -0.05) is 6.92 Å². The first-order valence-corrected chi connectivity index (χ1v) is 7.97. The first-order chi connectivity index (χ1) is 9.02. The average Bonchev–Trinajstić information content (AvgIpc) is 2.70. The zero-order valence-corrected chi connectivity index (χ0v) is 11.5. The molecule has 0 aliphatic carbocycles. The maximum Gasteiger partial charge on any atom is 0.203 e. The first-order valence-electron chi connectivity index (χ1n) is 6.15. The van der Waals surface area contributed by atoms with Crippen molar-refractivity contribution in [1.82, 2.24) is 0 Å². The van der Waals surface area contributed by atoms with Crippen LogP contribution in [0.25, 0.3) is 0 Å². The molecule has 0 fully saturated rings. The summed E-state index contributed by atoms with van der Waals surface area (Å²) in [6.45, 7) is 1.99. The van der Waals surface area contributed by atoms with E-state index in [0.717, 1.165) is 0 Å². The molecule has 0 radical (unpaired) electrons. The van der Waals surface area contributed by atoms with E-state index in [9.17, 15) is 13.2 Å². The van der Waals surface area contributed by atoms with E-state index in [2.05, 4.69) is 0 Å².